The van der Waals surface area contributed by atoms with Crippen LogP contribution in [0.25, 0.3) is 0 Å². The molecule has 32 heavy (non-hydrogen) atoms. The highest BCUT2D eigenvalue weighted by molar-refractivity contribution is 7.92. The van der Waals surface area contributed by atoms with E-state index in [2.05, 4.69) is 15.4 Å². The first kappa shape index (κ1) is 23.9. The van der Waals surface area contributed by atoms with Gasteiger partial charge in [-0.1, -0.05) is 59.6 Å². The van der Waals surface area contributed by atoms with Crippen molar-refractivity contribution in [1.29, 1.82) is 0 Å². The lowest BCUT2D eigenvalue weighted by Gasteiger charge is -2.19. The number of anilines is 2. The third-order valence-electron chi connectivity index (χ3n) is 4.61. The van der Waals surface area contributed by atoms with Crippen LogP contribution in [0.4, 0.5) is 16.2 Å². The highest BCUT2D eigenvalue weighted by Crippen LogP contribution is 2.30. The van der Waals surface area contributed by atoms with Crippen LogP contribution in [0.2, 0.25) is 10.0 Å². The number of amides is 2. The largest absolute Gasteiger partial charge is 0.392 e. The summed E-state index contributed by atoms with van der Waals surface area (Å²) in [4.78, 5) is 12.7. The van der Waals surface area contributed by atoms with Gasteiger partial charge in [-0.25, -0.2) is 13.2 Å². The first-order valence-electron chi connectivity index (χ1n) is 9.54. The Kier molecular flexibility index (Phi) is 7.63. The molecule has 0 aromatic heterocycles. The van der Waals surface area contributed by atoms with Gasteiger partial charge in [0.1, 0.15) is 0 Å². The zero-order valence-corrected chi connectivity index (χ0v) is 19.3. The van der Waals surface area contributed by atoms with Crippen molar-refractivity contribution in [3.63, 3.8) is 0 Å². The van der Waals surface area contributed by atoms with Crippen molar-refractivity contribution in [2.45, 2.75) is 24.5 Å². The quantitative estimate of drug-likeness (QED) is 0.364. The van der Waals surface area contributed by atoms with E-state index in [0.717, 1.165) is 0 Å². The van der Waals surface area contributed by atoms with E-state index < -0.39 is 22.1 Å². The van der Waals surface area contributed by atoms with Crippen molar-refractivity contribution >= 4 is 50.6 Å². The van der Waals surface area contributed by atoms with Crippen LogP contribution in [0.15, 0.2) is 71.6 Å². The molecule has 1 atom stereocenters. The highest BCUT2D eigenvalue weighted by Gasteiger charge is 2.19. The molecule has 0 radical (unpaired) electrons. The van der Waals surface area contributed by atoms with E-state index in [9.17, 15) is 18.3 Å². The fraction of sp³-hybridized carbons (Fsp3) is 0.136. The number of aliphatic hydroxyl groups excluding tert-OH is 1. The highest BCUT2D eigenvalue weighted by atomic mass is 35.5. The van der Waals surface area contributed by atoms with Crippen molar-refractivity contribution in [2.24, 2.45) is 0 Å². The first-order valence-corrected chi connectivity index (χ1v) is 11.8. The van der Waals surface area contributed by atoms with Crippen LogP contribution in [-0.2, 0) is 16.6 Å². The van der Waals surface area contributed by atoms with Crippen LogP contribution in [-0.4, -0.2) is 19.6 Å². The van der Waals surface area contributed by atoms with Gasteiger partial charge in [-0.15, -0.1) is 0 Å². The van der Waals surface area contributed by atoms with Crippen LogP contribution in [0.3, 0.4) is 0 Å². The molecule has 0 unspecified atom stereocenters. The maximum atomic E-state index is 12.7. The number of halogens is 2. The van der Waals surface area contributed by atoms with Gasteiger partial charge >= 0.3 is 6.03 Å². The fourth-order valence-electron chi connectivity index (χ4n) is 2.97. The number of benzene rings is 3. The lowest BCUT2D eigenvalue weighted by Crippen LogP contribution is -2.31. The minimum absolute atomic E-state index is 0.0749. The van der Waals surface area contributed by atoms with Gasteiger partial charge in [-0.05, 0) is 48.4 Å². The van der Waals surface area contributed by atoms with E-state index in [1.165, 1.54) is 24.3 Å². The molecule has 0 fully saturated rings. The zero-order valence-electron chi connectivity index (χ0n) is 17.0. The van der Waals surface area contributed by atoms with E-state index in [1.54, 1.807) is 49.4 Å². The van der Waals surface area contributed by atoms with Crippen LogP contribution in [0.5, 0.6) is 0 Å². The molecule has 168 valence electrons. The predicted octanol–water partition coefficient (Wildman–Crippen LogP) is 5.17. The predicted molar refractivity (Wildman–Crippen MR) is 127 cm³/mol. The molecule has 0 saturated heterocycles. The van der Waals surface area contributed by atoms with Gasteiger partial charge in [-0.3, -0.25) is 4.72 Å². The second-order valence-electron chi connectivity index (χ2n) is 6.92. The lowest BCUT2D eigenvalue weighted by molar-refractivity contribution is 0.249. The van der Waals surface area contributed by atoms with Gasteiger partial charge < -0.3 is 15.7 Å². The molecule has 0 aliphatic rings. The van der Waals surface area contributed by atoms with Crippen molar-refractivity contribution in [2.75, 3.05) is 10.0 Å². The monoisotopic (exact) mass is 493 g/mol. The molecule has 0 saturated carbocycles. The Morgan fingerprint density at radius 3 is 2.41 bits per heavy atom. The molecule has 0 aliphatic heterocycles. The number of hydrogen-bond acceptors (Lipinski definition) is 4. The minimum Gasteiger partial charge on any atom is -0.392 e. The topological polar surface area (TPSA) is 108 Å². The summed E-state index contributed by atoms with van der Waals surface area (Å²) in [7, 11) is -3.88. The molecule has 0 bridgehead atoms. The summed E-state index contributed by atoms with van der Waals surface area (Å²) >= 11 is 12.3. The number of aliphatic hydroxyl groups is 1. The van der Waals surface area contributed by atoms with E-state index in [-0.39, 0.29) is 22.9 Å². The number of carbonyl (C=O) groups excluding carboxylic acids is 1. The minimum atomic E-state index is -3.88. The van der Waals surface area contributed by atoms with Gasteiger partial charge in [0.2, 0.25) is 0 Å². The Bertz CT molecular complexity index is 1220. The van der Waals surface area contributed by atoms with Crippen LogP contribution < -0.4 is 15.4 Å². The molecule has 3 aromatic carbocycles. The summed E-state index contributed by atoms with van der Waals surface area (Å²) in [5.74, 6) is 0. The molecule has 3 aromatic rings. The van der Waals surface area contributed by atoms with E-state index in [4.69, 9.17) is 23.2 Å². The van der Waals surface area contributed by atoms with Crippen molar-refractivity contribution in [3.05, 3.63) is 87.9 Å². The van der Waals surface area contributed by atoms with Crippen molar-refractivity contribution in [1.82, 2.24) is 5.32 Å². The van der Waals surface area contributed by atoms with Crippen molar-refractivity contribution in [3.8, 4) is 0 Å². The number of rotatable bonds is 7. The number of hydrogen-bond donors (Lipinski definition) is 4. The third kappa shape index (κ3) is 5.72. The summed E-state index contributed by atoms with van der Waals surface area (Å²) in [6.07, 6.45) is 0. The molecule has 3 rings (SSSR count). The summed E-state index contributed by atoms with van der Waals surface area (Å²) in [6.45, 7) is 1.46. The van der Waals surface area contributed by atoms with Gasteiger partial charge in [-0.2, -0.15) is 0 Å². The average molecular weight is 494 g/mol. The molecular weight excluding hydrogens is 473 g/mol. The number of carbonyl (C=O) groups is 1. The Balaban J connectivity index is 1.82. The molecule has 4 N–H and O–H groups in total. The van der Waals surface area contributed by atoms with Crippen molar-refractivity contribution < 1.29 is 18.3 Å². The van der Waals surface area contributed by atoms with Crippen LogP contribution in [0, 0.1) is 0 Å². The average Bonchev–Trinajstić information content (AvgIpc) is 2.77. The molecule has 10 heteroatoms. The molecule has 0 spiro atoms. The molecule has 2 amide bonds. The normalized spacial score (nSPS) is 12.1. The summed E-state index contributed by atoms with van der Waals surface area (Å²) in [6, 6.07) is 16.4. The Labute approximate surface area is 196 Å². The summed E-state index contributed by atoms with van der Waals surface area (Å²) < 4.78 is 27.9. The molecular formula is C22H21Cl2N3O4S. The summed E-state index contributed by atoms with van der Waals surface area (Å²) in [5, 5.41) is 15.5. The zero-order chi connectivity index (χ0) is 23.3. The second-order valence-corrected chi connectivity index (χ2v) is 9.39. The van der Waals surface area contributed by atoms with Gasteiger partial charge in [0.15, 0.2) is 0 Å². The van der Waals surface area contributed by atoms with E-state index in [1.807, 2.05) is 0 Å². The molecule has 7 nitrogen and oxygen atoms in total. The van der Waals surface area contributed by atoms with Gasteiger partial charge in [0, 0.05) is 0 Å². The van der Waals surface area contributed by atoms with Crippen LogP contribution in [0.1, 0.15) is 24.1 Å². The number of urea groups is 1. The van der Waals surface area contributed by atoms with Gasteiger partial charge in [0.05, 0.1) is 39.0 Å². The maximum Gasteiger partial charge on any atom is 0.319 e. The Morgan fingerprint density at radius 2 is 1.72 bits per heavy atom. The first-order chi connectivity index (χ1) is 15.2. The molecule has 0 aliphatic carbocycles. The Morgan fingerprint density at radius 1 is 1.00 bits per heavy atom. The number of nitrogens with one attached hydrogen (secondary N) is 3. The lowest BCUT2D eigenvalue weighted by atomic mass is 10.1. The SMILES string of the molecule is C[C@H](NC(=O)Nc1cc(CO)ccc1NS(=O)(=O)c1ccccc1)c1cccc(Cl)c1Cl. The number of sulfonamides is 1. The maximum absolute atomic E-state index is 12.7. The standard InChI is InChI=1S/C22H21Cl2N3O4S/c1-14(17-8-5-9-18(23)21(17)24)25-22(29)26-20-12-15(13-28)10-11-19(20)27-32(30,31)16-6-3-2-4-7-16/h2-12,14,27-28H,13H2,1H3,(H2,25,26,29)/t14-/m0/s1. The van der Waals surface area contributed by atoms with E-state index >= 15 is 0 Å². The summed E-state index contributed by atoms with van der Waals surface area (Å²) in [5.41, 5.74) is 1.45. The third-order valence-corrected chi connectivity index (χ3v) is 6.82. The van der Waals surface area contributed by atoms with Gasteiger partial charge in [0.25, 0.3) is 10.0 Å². The fourth-order valence-corrected chi connectivity index (χ4v) is 4.55. The Hall–Kier alpha value is -2.78. The molecule has 0 heterocycles. The van der Waals surface area contributed by atoms with E-state index in [0.29, 0.717) is 21.2 Å². The van der Waals surface area contributed by atoms with Crippen LogP contribution >= 0.6 is 23.2 Å². The second kappa shape index (κ2) is 10.2. The smallest absolute Gasteiger partial charge is 0.319 e.